The lowest BCUT2D eigenvalue weighted by Gasteiger charge is -2.16. The number of rotatable bonds is 6. The number of halogens is 2. The van der Waals surface area contributed by atoms with Crippen molar-refractivity contribution in [3.05, 3.63) is 37.3 Å². The van der Waals surface area contributed by atoms with Crippen molar-refractivity contribution in [1.29, 1.82) is 0 Å². The number of alkyl halides is 1. The molecule has 0 saturated heterocycles. The van der Waals surface area contributed by atoms with Crippen molar-refractivity contribution < 1.29 is 4.92 Å². The Labute approximate surface area is 134 Å². The molecule has 1 aromatic rings. The molecule has 5 heteroatoms. The third kappa shape index (κ3) is 4.19. The van der Waals surface area contributed by atoms with Crippen molar-refractivity contribution in [1.82, 2.24) is 0 Å². The first-order chi connectivity index (χ1) is 9.27. The van der Waals surface area contributed by atoms with Gasteiger partial charge in [-0.25, -0.2) is 0 Å². The molecular formula is C15H21BrClNO2. The summed E-state index contributed by atoms with van der Waals surface area (Å²) in [5.41, 5.74) is 2.80. The first kappa shape index (κ1) is 17.4. The van der Waals surface area contributed by atoms with E-state index in [1.807, 2.05) is 6.07 Å². The summed E-state index contributed by atoms with van der Waals surface area (Å²) in [4.78, 5) is 11.2. The van der Waals surface area contributed by atoms with Crippen LogP contribution < -0.4 is 0 Å². The Hall–Kier alpha value is -0.610. The van der Waals surface area contributed by atoms with E-state index < -0.39 is 0 Å². The molecule has 0 atom stereocenters. The van der Waals surface area contributed by atoms with Crippen molar-refractivity contribution in [2.75, 3.05) is 0 Å². The molecule has 0 aromatic heterocycles. The molecule has 0 fully saturated rings. The van der Waals surface area contributed by atoms with Gasteiger partial charge in [0.05, 0.1) is 9.40 Å². The molecular weight excluding hydrogens is 342 g/mol. The van der Waals surface area contributed by atoms with Gasteiger partial charge in [0.1, 0.15) is 0 Å². The molecule has 1 rings (SSSR count). The zero-order valence-electron chi connectivity index (χ0n) is 12.4. The quantitative estimate of drug-likeness (QED) is 0.381. The monoisotopic (exact) mass is 361 g/mol. The van der Waals surface area contributed by atoms with Gasteiger partial charge in [-0.05, 0) is 51.7 Å². The summed E-state index contributed by atoms with van der Waals surface area (Å²) in [6, 6.07) is 2.02. The second-order valence-corrected chi connectivity index (χ2v) is 6.98. The highest BCUT2D eigenvalue weighted by Gasteiger charge is 2.25. The van der Waals surface area contributed by atoms with E-state index in [0.29, 0.717) is 28.6 Å². The second kappa shape index (κ2) is 7.41. The van der Waals surface area contributed by atoms with E-state index >= 15 is 0 Å². The lowest BCUT2D eigenvalue weighted by Crippen LogP contribution is -2.08. The summed E-state index contributed by atoms with van der Waals surface area (Å²) < 4.78 is 0.612. The predicted octanol–water partition coefficient (Wildman–Crippen LogP) is 5.49. The molecule has 0 spiro atoms. The maximum Gasteiger partial charge on any atom is 0.287 e. The van der Waals surface area contributed by atoms with E-state index in [1.54, 1.807) is 0 Å². The van der Waals surface area contributed by atoms with Crippen LogP contribution in [0, 0.1) is 22.0 Å². The minimum atomic E-state index is -0.290. The average Bonchev–Trinajstić information content (AvgIpc) is 2.30. The summed E-state index contributed by atoms with van der Waals surface area (Å²) >= 11 is 9.44. The topological polar surface area (TPSA) is 43.1 Å². The van der Waals surface area contributed by atoms with Crippen LogP contribution in [-0.2, 0) is 18.7 Å². The van der Waals surface area contributed by atoms with Crippen molar-refractivity contribution in [2.45, 2.75) is 46.4 Å². The van der Waals surface area contributed by atoms with E-state index in [0.717, 1.165) is 23.1 Å². The third-order valence-electron chi connectivity index (χ3n) is 3.08. The van der Waals surface area contributed by atoms with Crippen molar-refractivity contribution in [3.8, 4) is 0 Å². The number of nitro groups is 1. The molecule has 0 aliphatic rings. The van der Waals surface area contributed by atoms with Gasteiger partial charge in [-0.3, -0.25) is 10.1 Å². The second-order valence-electron chi connectivity index (χ2n) is 5.92. The van der Waals surface area contributed by atoms with E-state index in [2.05, 4.69) is 43.6 Å². The van der Waals surface area contributed by atoms with Gasteiger partial charge in [0, 0.05) is 11.4 Å². The molecule has 0 aliphatic heterocycles. The van der Waals surface area contributed by atoms with Crippen LogP contribution in [0.15, 0.2) is 10.5 Å². The van der Waals surface area contributed by atoms with Crippen LogP contribution >= 0.6 is 27.5 Å². The van der Waals surface area contributed by atoms with Crippen LogP contribution in [0.25, 0.3) is 0 Å². The van der Waals surface area contributed by atoms with Crippen molar-refractivity contribution in [2.24, 2.45) is 11.8 Å². The van der Waals surface area contributed by atoms with Gasteiger partial charge in [-0.1, -0.05) is 33.8 Å². The zero-order chi connectivity index (χ0) is 15.4. The Kier molecular flexibility index (Phi) is 6.46. The molecule has 0 saturated carbocycles. The van der Waals surface area contributed by atoms with E-state index in [9.17, 15) is 10.1 Å². The summed E-state index contributed by atoms with van der Waals surface area (Å²) in [5, 5.41) is 11.5. The Morgan fingerprint density at radius 3 is 2.15 bits per heavy atom. The lowest BCUT2D eigenvalue weighted by atomic mass is 9.92. The number of hydrogen-bond acceptors (Lipinski definition) is 2. The van der Waals surface area contributed by atoms with Crippen LogP contribution in [0.5, 0.6) is 0 Å². The molecule has 0 unspecified atom stereocenters. The fourth-order valence-electron chi connectivity index (χ4n) is 2.33. The highest BCUT2D eigenvalue weighted by molar-refractivity contribution is 9.10. The van der Waals surface area contributed by atoms with E-state index in [4.69, 9.17) is 11.6 Å². The van der Waals surface area contributed by atoms with Crippen LogP contribution in [-0.4, -0.2) is 4.92 Å². The Morgan fingerprint density at radius 1 is 1.20 bits per heavy atom. The highest BCUT2D eigenvalue weighted by atomic mass is 79.9. The highest BCUT2D eigenvalue weighted by Crippen LogP contribution is 2.37. The molecule has 3 nitrogen and oxygen atoms in total. The van der Waals surface area contributed by atoms with Crippen LogP contribution in [0.2, 0.25) is 0 Å². The van der Waals surface area contributed by atoms with Gasteiger partial charge in [-0.2, -0.15) is 0 Å². The number of nitro benzene ring substituents is 1. The summed E-state index contributed by atoms with van der Waals surface area (Å²) in [5.74, 6) is 1.09. The first-order valence-corrected chi connectivity index (χ1v) is 8.14. The van der Waals surface area contributed by atoms with Gasteiger partial charge in [-0.15, -0.1) is 11.6 Å². The molecule has 112 valence electrons. The van der Waals surface area contributed by atoms with Crippen molar-refractivity contribution >= 4 is 33.2 Å². The predicted molar refractivity (Wildman–Crippen MR) is 87.4 cm³/mol. The Balaban J connectivity index is 3.50. The smallest absolute Gasteiger partial charge is 0.258 e. The average molecular weight is 363 g/mol. The van der Waals surface area contributed by atoms with Crippen molar-refractivity contribution in [3.63, 3.8) is 0 Å². The normalized spacial score (nSPS) is 11.4. The standard InChI is InChI=1S/C15H21BrClNO2/c1-9(2)5-11-7-12(8-17)13(6-10(3)4)15(14(11)16)18(19)20/h7,9-10H,5-6,8H2,1-4H3. The minimum absolute atomic E-state index is 0.188. The van der Waals surface area contributed by atoms with E-state index in [-0.39, 0.29) is 10.6 Å². The van der Waals surface area contributed by atoms with Gasteiger partial charge in [0.2, 0.25) is 0 Å². The molecule has 20 heavy (non-hydrogen) atoms. The maximum atomic E-state index is 11.5. The third-order valence-corrected chi connectivity index (χ3v) is 4.25. The fourth-order valence-corrected chi connectivity index (χ4v) is 3.23. The minimum Gasteiger partial charge on any atom is -0.258 e. The molecule has 0 bridgehead atoms. The molecule has 0 amide bonds. The van der Waals surface area contributed by atoms with Gasteiger partial charge in [0.15, 0.2) is 0 Å². The van der Waals surface area contributed by atoms with Gasteiger partial charge >= 0.3 is 0 Å². The van der Waals surface area contributed by atoms with Gasteiger partial charge < -0.3 is 0 Å². The van der Waals surface area contributed by atoms with Gasteiger partial charge in [0.25, 0.3) is 5.69 Å². The molecule has 0 N–H and O–H groups in total. The lowest BCUT2D eigenvalue weighted by molar-refractivity contribution is -0.386. The molecule has 1 aromatic carbocycles. The Morgan fingerprint density at radius 2 is 1.75 bits per heavy atom. The summed E-state index contributed by atoms with van der Waals surface area (Å²) in [6.07, 6.45) is 1.46. The van der Waals surface area contributed by atoms with E-state index in [1.165, 1.54) is 0 Å². The zero-order valence-corrected chi connectivity index (χ0v) is 14.7. The van der Waals surface area contributed by atoms with Crippen LogP contribution in [0.1, 0.15) is 44.4 Å². The first-order valence-electron chi connectivity index (χ1n) is 6.81. The van der Waals surface area contributed by atoms with Crippen LogP contribution in [0.4, 0.5) is 5.69 Å². The summed E-state index contributed by atoms with van der Waals surface area (Å²) in [7, 11) is 0. The number of hydrogen-bond donors (Lipinski definition) is 0. The SMILES string of the molecule is CC(C)Cc1cc(CCl)c(CC(C)C)c([N+](=O)[O-])c1Br. The molecule has 0 aliphatic carbocycles. The van der Waals surface area contributed by atoms with Crippen LogP contribution in [0.3, 0.4) is 0 Å². The Bertz CT molecular complexity index is 501. The fraction of sp³-hybridized carbons (Fsp3) is 0.600. The maximum absolute atomic E-state index is 11.5. The summed E-state index contributed by atoms with van der Waals surface area (Å²) in [6.45, 7) is 8.30. The molecule has 0 heterocycles. The number of nitrogens with zero attached hydrogens (tertiary/aromatic N) is 1. The molecule has 0 radical (unpaired) electrons. The largest absolute Gasteiger partial charge is 0.287 e. The number of benzene rings is 1.